The maximum absolute atomic E-state index is 13.4. The molecule has 1 aliphatic rings. The summed E-state index contributed by atoms with van der Waals surface area (Å²) >= 11 is 0. The van der Waals surface area contributed by atoms with Crippen molar-refractivity contribution in [2.24, 2.45) is 0 Å². The van der Waals surface area contributed by atoms with E-state index in [2.05, 4.69) is 4.98 Å². The van der Waals surface area contributed by atoms with Crippen LogP contribution in [0.15, 0.2) is 90.0 Å². The molecule has 0 bridgehead atoms. The Balaban J connectivity index is 1.31. The fourth-order valence-electron chi connectivity index (χ4n) is 5.15. The number of hydrogen-bond acceptors (Lipinski definition) is 5. The highest BCUT2D eigenvalue weighted by atomic mass is 16.3. The first kappa shape index (κ1) is 24.9. The largest absolute Gasteiger partial charge is 0.387 e. The standard InChI is InChI=1S/C30H31N3O4/c1-21(22-9-4-2-5-10-22)19-26(34)32-17-14-30(37,15-18-32)27(35)25-20-31-28-24(23-11-6-3-7-12-23)13-8-16-33(28)29(25)36/h2-13,16,20-21,27,35,37H,14-15,17-19H2,1H3. The summed E-state index contributed by atoms with van der Waals surface area (Å²) in [6.45, 7) is 2.66. The van der Waals surface area contributed by atoms with E-state index in [9.17, 15) is 19.8 Å². The Labute approximate surface area is 215 Å². The fraction of sp³-hybridized carbons (Fsp3) is 0.300. The van der Waals surface area contributed by atoms with E-state index in [1.54, 1.807) is 17.2 Å². The first-order chi connectivity index (χ1) is 17.9. The molecule has 1 aliphatic heterocycles. The lowest BCUT2D eigenvalue weighted by Crippen LogP contribution is -2.50. The Hall–Kier alpha value is -3.81. The fourth-order valence-corrected chi connectivity index (χ4v) is 5.15. The van der Waals surface area contributed by atoms with Gasteiger partial charge in [0, 0.05) is 37.5 Å². The molecule has 2 aromatic carbocycles. The summed E-state index contributed by atoms with van der Waals surface area (Å²) in [4.78, 5) is 32.5. The van der Waals surface area contributed by atoms with E-state index in [1.165, 1.54) is 10.6 Å². The zero-order valence-electron chi connectivity index (χ0n) is 20.8. The number of hydrogen-bond donors (Lipinski definition) is 2. The molecule has 2 aromatic heterocycles. The summed E-state index contributed by atoms with van der Waals surface area (Å²) in [5.74, 6) is 0.110. The minimum Gasteiger partial charge on any atom is -0.387 e. The first-order valence-electron chi connectivity index (χ1n) is 12.7. The highest BCUT2D eigenvalue weighted by Gasteiger charge is 2.42. The molecule has 190 valence electrons. The summed E-state index contributed by atoms with van der Waals surface area (Å²) in [5, 5.41) is 22.5. The van der Waals surface area contributed by atoms with Gasteiger partial charge in [0.05, 0.1) is 11.2 Å². The molecule has 1 fully saturated rings. The highest BCUT2D eigenvalue weighted by molar-refractivity contribution is 5.78. The quantitative estimate of drug-likeness (QED) is 0.421. The van der Waals surface area contributed by atoms with Crippen LogP contribution in [-0.4, -0.2) is 49.1 Å². The zero-order valence-corrected chi connectivity index (χ0v) is 20.8. The van der Waals surface area contributed by atoms with Crippen molar-refractivity contribution in [1.82, 2.24) is 14.3 Å². The molecule has 0 aliphatic carbocycles. The molecule has 0 radical (unpaired) electrons. The Morgan fingerprint density at radius 3 is 2.32 bits per heavy atom. The SMILES string of the molecule is CC(CC(=O)N1CCC(O)(C(O)c2cnc3c(-c4ccccc4)cccn3c2=O)CC1)c1ccccc1. The van der Waals surface area contributed by atoms with Gasteiger partial charge in [0.15, 0.2) is 0 Å². The number of piperidine rings is 1. The molecule has 2 N–H and O–H groups in total. The van der Waals surface area contributed by atoms with Crippen LogP contribution < -0.4 is 5.56 Å². The van der Waals surface area contributed by atoms with E-state index in [4.69, 9.17) is 0 Å². The van der Waals surface area contributed by atoms with Gasteiger partial charge in [-0.1, -0.05) is 67.6 Å². The second kappa shape index (κ2) is 10.3. The summed E-state index contributed by atoms with van der Waals surface area (Å²) in [6, 6.07) is 23.2. The second-order valence-corrected chi connectivity index (χ2v) is 9.90. The molecule has 37 heavy (non-hydrogen) atoms. The molecule has 5 rings (SSSR count). The Morgan fingerprint density at radius 2 is 1.65 bits per heavy atom. The lowest BCUT2D eigenvalue weighted by atomic mass is 9.83. The van der Waals surface area contributed by atoms with Gasteiger partial charge in [-0.25, -0.2) is 4.98 Å². The van der Waals surface area contributed by atoms with Crippen molar-refractivity contribution in [2.75, 3.05) is 13.1 Å². The maximum Gasteiger partial charge on any atom is 0.263 e. The van der Waals surface area contributed by atoms with Gasteiger partial charge in [0.1, 0.15) is 11.8 Å². The van der Waals surface area contributed by atoms with Crippen molar-refractivity contribution < 1.29 is 15.0 Å². The Morgan fingerprint density at radius 1 is 1.00 bits per heavy atom. The topological polar surface area (TPSA) is 95.1 Å². The van der Waals surface area contributed by atoms with E-state index in [1.807, 2.05) is 73.7 Å². The van der Waals surface area contributed by atoms with Crippen LogP contribution >= 0.6 is 0 Å². The number of likely N-dealkylation sites (tertiary alicyclic amines) is 1. The van der Waals surface area contributed by atoms with E-state index in [-0.39, 0.29) is 30.2 Å². The number of carbonyl (C=O) groups excluding carboxylic acids is 1. The van der Waals surface area contributed by atoms with Crippen molar-refractivity contribution in [1.29, 1.82) is 0 Å². The molecule has 7 nitrogen and oxygen atoms in total. The van der Waals surface area contributed by atoms with Crippen molar-refractivity contribution in [2.45, 2.75) is 43.8 Å². The minimum atomic E-state index is -1.52. The summed E-state index contributed by atoms with van der Waals surface area (Å²) in [5.41, 5.74) is 1.43. The highest BCUT2D eigenvalue weighted by Crippen LogP contribution is 2.35. The number of aromatic nitrogens is 2. The summed E-state index contributed by atoms with van der Waals surface area (Å²) < 4.78 is 1.41. The van der Waals surface area contributed by atoms with Crippen molar-refractivity contribution in [3.05, 3.63) is 107 Å². The number of fused-ring (bicyclic) bond motifs is 1. The molecule has 3 heterocycles. The van der Waals surface area contributed by atoms with Crippen LogP contribution in [0.3, 0.4) is 0 Å². The van der Waals surface area contributed by atoms with Gasteiger partial charge >= 0.3 is 0 Å². The normalized spacial score (nSPS) is 16.9. The number of carbonyl (C=O) groups is 1. The predicted octanol–water partition coefficient (Wildman–Crippen LogP) is 3.94. The number of pyridine rings is 1. The third-order valence-electron chi connectivity index (χ3n) is 7.48. The molecular formula is C30H31N3O4. The molecule has 2 unspecified atom stereocenters. The van der Waals surface area contributed by atoms with E-state index >= 15 is 0 Å². The van der Waals surface area contributed by atoms with Gasteiger partial charge in [0.25, 0.3) is 5.56 Å². The second-order valence-electron chi connectivity index (χ2n) is 9.90. The number of amides is 1. The lowest BCUT2D eigenvalue weighted by molar-refractivity contribution is -0.143. The monoisotopic (exact) mass is 497 g/mol. The van der Waals surface area contributed by atoms with Gasteiger partial charge < -0.3 is 15.1 Å². The van der Waals surface area contributed by atoms with Crippen LogP contribution in [0.5, 0.6) is 0 Å². The third kappa shape index (κ3) is 4.92. The summed E-state index contributed by atoms with van der Waals surface area (Å²) in [6.07, 6.45) is 2.30. The number of aliphatic hydroxyl groups excluding tert-OH is 1. The molecule has 1 saturated heterocycles. The van der Waals surface area contributed by atoms with E-state index < -0.39 is 17.3 Å². The Kier molecular flexibility index (Phi) is 6.91. The first-order valence-corrected chi connectivity index (χ1v) is 12.7. The van der Waals surface area contributed by atoms with Crippen LogP contribution in [0.2, 0.25) is 0 Å². The van der Waals surface area contributed by atoms with Crippen LogP contribution in [0, 0.1) is 0 Å². The number of aliphatic hydroxyl groups is 2. The van der Waals surface area contributed by atoms with Crippen molar-refractivity contribution >= 4 is 11.6 Å². The van der Waals surface area contributed by atoms with E-state index in [0.29, 0.717) is 25.2 Å². The number of benzene rings is 2. The lowest BCUT2D eigenvalue weighted by Gasteiger charge is -2.41. The molecule has 7 heteroatoms. The number of rotatable bonds is 6. The predicted molar refractivity (Wildman–Crippen MR) is 142 cm³/mol. The average Bonchev–Trinajstić information content (AvgIpc) is 2.94. The Bertz CT molecular complexity index is 1440. The van der Waals surface area contributed by atoms with Gasteiger partial charge in [-0.2, -0.15) is 0 Å². The zero-order chi connectivity index (χ0) is 26.0. The molecule has 0 spiro atoms. The van der Waals surface area contributed by atoms with Crippen molar-refractivity contribution in [3.8, 4) is 11.1 Å². The molecular weight excluding hydrogens is 466 g/mol. The van der Waals surface area contributed by atoms with Crippen LogP contribution in [0.4, 0.5) is 0 Å². The van der Waals surface area contributed by atoms with Gasteiger partial charge in [-0.15, -0.1) is 0 Å². The molecule has 0 saturated carbocycles. The maximum atomic E-state index is 13.4. The van der Waals surface area contributed by atoms with Crippen molar-refractivity contribution in [3.63, 3.8) is 0 Å². The summed E-state index contributed by atoms with van der Waals surface area (Å²) in [7, 11) is 0. The van der Waals surface area contributed by atoms with Crippen LogP contribution in [0.25, 0.3) is 16.8 Å². The van der Waals surface area contributed by atoms with Gasteiger partial charge in [-0.05, 0) is 42.0 Å². The smallest absolute Gasteiger partial charge is 0.263 e. The number of nitrogens with zero attached hydrogens (tertiary/aromatic N) is 3. The minimum absolute atomic E-state index is 0.0220. The van der Waals surface area contributed by atoms with E-state index in [0.717, 1.165) is 16.7 Å². The van der Waals surface area contributed by atoms with Crippen LogP contribution in [0.1, 0.15) is 49.3 Å². The molecule has 1 amide bonds. The van der Waals surface area contributed by atoms with Crippen LogP contribution in [-0.2, 0) is 4.79 Å². The molecule has 4 aromatic rings. The van der Waals surface area contributed by atoms with Gasteiger partial charge in [-0.3, -0.25) is 14.0 Å². The average molecular weight is 498 g/mol. The molecule has 2 atom stereocenters. The third-order valence-corrected chi connectivity index (χ3v) is 7.48. The van der Waals surface area contributed by atoms with Gasteiger partial charge in [0.2, 0.25) is 5.91 Å².